The average molecular weight is 300 g/mol. The highest BCUT2D eigenvalue weighted by Crippen LogP contribution is 2.27. The number of methoxy groups -OCH3 is 1. The number of hydrogen-bond acceptors (Lipinski definition) is 2. The molecule has 4 heteroatoms. The fourth-order valence-corrected chi connectivity index (χ4v) is 2.76. The van der Waals surface area contributed by atoms with E-state index in [0.29, 0.717) is 17.3 Å². The van der Waals surface area contributed by atoms with Gasteiger partial charge in [0.2, 0.25) is 0 Å². The number of aldehydes is 1. The minimum atomic E-state index is 0.589. The third-order valence-electron chi connectivity index (χ3n) is 3.52. The third-order valence-corrected chi connectivity index (χ3v) is 3.83. The van der Waals surface area contributed by atoms with Crippen molar-refractivity contribution in [1.29, 1.82) is 0 Å². The Morgan fingerprint density at radius 2 is 1.95 bits per heavy atom. The lowest BCUT2D eigenvalue weighted by molar-refractivity contribution is 0.111. The number of ether oxygens (including phenoxy) is 1. The first-order valence-corrected chi connectivity index (χ1v) is 6.96. The summed E-state index contributed by atoms with van der Waals surface area (Å²) in [6.07, 6.45) is 0.861. The molecule has 3 rings (SSSR count). The van der Waals surface area contributed by atoms with Crippen LogP contribution in [0.25, 0.3) is 10.9 Å². The highest BCUT2D eigenvalue weighted by Gasteiger charge is 2.11. The second kappa shape index (κ2) is 5.62. The third kappa shape index (κ3) is 2.52. The van der Waals surface area contributed by atoms with Gasteiger partial charge in [-0.2, -0.15) is 0 Å². The lowest BCUT2D eigenvalue weighted by Crippen LogP contribution is -2.03. The van der Waals surface area contributed by atoms with E-state index in [4.69, 9.17) is 16.3 Å². The van der Waals surface area contributed by atoms with Crippen molar-refractivity contribution in [1.82, 2.24) is 4.57 Å². The molecule has 0 atom stereocenters. The molecule has 0 aliphatic heterocycles. The quantitative estimate of drug-likeness (QED) is 0.677. The largest absolute Gasteiger partial charge is 0.497 e. The second-order valence-corrected chi connectivity index (χ2v) is 5.21. The Morgan fingerprint density at radius 3 is 2.62 bits per heavy atom. The van der Waals surface area contributed by atoms with Crippen LogP contribution < -0.4 is 4.74 Å². The van der Waals surface area contributed by atoms with Crippen LogP contribution in [0.4, 0.5) is 0 Å². The Kier molecular flexibility index (Phi) is 3.67. The van der Waals surface area contributed by atoms with Crippen molar-refractivity contribution in [3.8, 4) is 5.75 Å². The van der Waals surface area contributed by atoms with Crippen LogP contribution in [0.3, 0.4) is 0 Å². The first kappa shape index (κ1) is 13.7. The number of halogens is 1. The first-order chi connectivity index (χ1) is 10.2. The van der Waals surface area contributed by atoms with E-state index in [1.54, 1.807) is 7.11 Å². The average Bonchev–Trinajstić information content (AvgIpc) is 2.87. The maximum atomic E-state index is 11.3. The Hall–Kier alpha value is -2.26. The molecule has 3 nitrogen and oxygen atoms in total. The maximum absolute atomic E-state index is 11.3. The lowest BCUT2D eigenvalue weighted by atomic mass is 10.2. The van der Waals surface area contributed by atoms with Crippen LogP contribution in [0.5, 0.6) is 5.75 Å². The standard InChI is InChI=1S/C17H14ClNO2/c1-21-15-7-5-12(6-8-15)10-19-14(11-20)9-13-3-2-4-16(18)17(13)19/h2-9,11H,10H2,1H3. The number of aromatic nitrogens is 1. The van der Waals surface area contributed by atoms with Crippen molar-refractivity contribution in [2.24, 2.45) is 0 Å². The summed E-state index contributed by atoms with van der Waals surface area (Å²) in [5.74, 6) is 0.810. The summed E-state index contributed by atoms with van der Waals surface area (Å²) in [6, 6.07) is 15.3. The fourth-order valence-electron chi connectivity index (χ4n) is 2.48. The zero-order valence-corrected chi connectivity index (χ0v) is 12.3. The van der Waals surface area contributed by atoms with Crippen molar-refractivity contribution in [3.05, 3.63) is 64.8 Å². The van der Waals surface area contributed by atoms with E-state index in [0.717, 1.165) is 28.5 Å². The SMILES string of the molecule is COc1ccc(Cn2c(C=O)cc3cccc(Cl)c32)cc1. The Bertz CT molecular complexity index is 790. The van der Waals surface area contributed by atoms with Crippen LogP contribution in [0, 0.1) is 0 Å². The van der Waals surface area contributed by atoms with Crippen LogP contribution in [-0.4, -0.2) is 18.0 Å². The van der Waals surface area contributed by atoms with Gasteiger partial charge in [0.15, 0.2) is 6.29 Å². The minimum Gasteiger partial charge on any atom is -0.497 e. The topological polar surface area (TPSA) is 31.2 Å². The predicted octanol–water partition coefficient (Wildman–Crippen LogP) is 4.16. The predicted molar refractivity (Wildman–Crippen MR) is 84.4 cm³/mol. The van der Waals surface area contributed by atoms with E-state index in [9.17, 15) is 4.79 Å². The normalized spacial score (nSPS) is 10.8. The number of carbonyl (C=O) groups excluding carboxylic acids is 1. The van der Waals surface area contributed by atoms with Crippen LogP contribution in [-0.2, 0) is 6.54 Å². The molecule has 0 saturated heterocycles. The summed E-state index contributed by atoms with van der Waals surface area (Å²) >= 11 is 6.29. The van der Waals surface area contributed by atoms with Gasteiger partial charge in [0.25, 0.3) is 0 Å². The zero-order chi connectivity index (χ0) is 14.8. The van der Waals surface area contributed by atoms with Gasteiger partial charge in [-0.15, -0.1) is 0 Å². The Labute approximate surface area is 127 Å². The molecular formula is C17H14ClNO2. The molecule has 0 fully saturated rings. The van der Waals surface area contributed by atoms with Gasteiger partial charge in [0, 0.05) is 11.9 Å². The molecular weight excluding hydrogens is 286 g/mol. The molecule has 21 heavy (non-hydrogen) atoms. The van der Waals surface area contributed by atoms with Crippen LogP contribution in [0.15, 0.2) is 48.5 Å². The van der Waals surface area contributed by atoms with Gasteiger partial charge in [-0.25, -0.2) is 0 Å². The van der Waals surface area contributed by atoms with Crippen LogP contribution >= 0.6 is 11.6 Å². The Balaban J connectivity index is 2.08. The van der Waals surface area contributed by atoms with Gasteiger partial charge in [0.1, 0.15) is 5.75 Å². The molecule has 0 bridgehead atoms. The molecule has 0 aliphatic rings. The number of para-hydroxylation sites is 1. The van der Waals surface area contributed by atoms with Gasteiger partial charge in [-0.3, -0.25) is 4.79 Å². The first-order valence-electron chi connectivity index (χ1n) is 6.59. The highest BCUT2D eigenvalue weighted by molar-refractivity contribution is 6.35. The monoisotopic (exact) mass is 299 g/mol. The van der Waals surface area contributed by atoms with Crippen LogP contribution in [0.2, 0.25) is 5.02 Å². The summed E-state index contributed by atoms with van der Waals surface area (Å²) in [5, 5.41) is 1.62. The number of fused-ring (bicyclic) bond motifs is 1. The van der Waals surface area contributed by atoms with Gasteiger partial charge >= 0.3 is 0 Å². The number of hydrogen-bond donors (Lipinski definition) is 0. The molecule has 2 aromatic carbocycles. The molecule has 0 amide bonds. The van der Waals surface area contributed by atoms with Gasteiger partial charge < -0.3 is 9.30 Å². The number of carbonyl (C=O) groups is 1. The molecule has 1 heterocycles. The summed E-state index contributed by atoms with van der Waals surface area (Å²) in [5.41, 5.74) is 2.59. The van der Waals surface area contributed by atoms with E-state index >= 15 is 0 Å². The van der Waals surface area contributed by atoms with Gasteiger partial charge in [-0.05, 0) is 29.8 Å². The molecule has 0 unspecified atom stereocenters. The van der Waals surface area contributed by atoms with Crippen molar-refractivity contribution in [2.45, 2.75) is 6.54 Å². The van der Waals surface area contributed by atoms with Gasteiger partial charge in [0.05, 0.1) is 23.3 Å². The number of benzene rings is 2. The summed E-state index contributed by atoms with van der Waals surface area (Å²) in [7, 11) is 1.64. The second-order valence-electron chi connectivity index (χ2n) is 4.80. The van der Waals surface area contributed by atoms with Gasteiger partial charge in [-0.1, -0.05) is 35.9 Å². The highest BCUT2D eigenvalue weighted by atomic mass is 35.5. The minimum absolute atomic E-state index is 0.589. The maximum Gasteiger partial charge on any atom is 0.166 e. The van der Waals surface area contributed by atoms with E-state index in [-0.39, 0.29) is 0 Å². The lowest BCUT2D eigenvalue weighted by Gasteiger charge is -2.09. The molecule has 0 spiro atoms. The summed E-state index contributed by atoms with van der Waals surface area (Å²) in [6.45, 7) is 0.589. The van der Waals surface area contributed by atoms with E-state index in [1.807, 2.05) is 53.1 Å². The van der Waals surface area contributed by atoms with Crippen molar-refractivity contribution in [2.75, 3.05) is 7.11 Å². The van der Waals surface area contributed by atoms with Crippen LogP contribution in [0.1, 0.15) is 16.1 Å². The molecule has 0 aliphatic carbocycles. The Morgan fingerprint density at radius 1 is 1.19 bits per heavy atom. The van der Waals surface area contributed by atoms with Crippen molar-refractivity contribution in [3.63, 3.8) is 0 Å². The van der Waals surface area contributed by atoms with E-state index < -0.39 is 0 Å². The summed E-state index contributed by atoms with van der Waals surface area (Å²) < 4.78 is 7.09. The molecule has 3 aromatic rings. The smallest absolute Gasteiger partial charge is 0.166 e. The van der Waals surface area contributed by atoms with E-state index in [2.05, 4.69) is 0 Å². The van der Waals surface area contributed by atoms with Crippen molar-refractivity contribution >= 4 is 28.8 Å². The number of nitrogens with zero attached hydrogens (tertiary/aromatic N) is 1. The number of rotatable bonds is 4. The summed E-state index contributed by atoms with van der Waals surface area (Å²) in [4.78, 5) is 11.3. The van der Waals surface area contributed by atoms with E-state index in [1.165, 1.54) is 0 Å². The fraction of sp³-hybridized carbons (Fsp3) is 0.118. The zero-order valence-electron chi connectivity index (χ0n) is 11.5. The van der Waals surface area contributed by atoms with Crippen molar-refractivity contribution < 1.29 is 9.53 Å². The molecule has 1 aromatic heterocycles. The molecule has 0 N–H and O–H groups in total. The molecule has 106 valence electrons. The molecule has 0 saturated carbocycles. The molecule has 0 radical (unpaired) electrons.